The number of piperazine rings is 1. The highest BCUT2D eigenvalue weighted by Crippen LogP contribution is 2.47. The molecule has 1 aliphatic carbocycles. The predicted octanol–water partition coefficient (Wildman–Crippen LogP) is 4.40. The molecule has 8 rings (SSSR count). The Balaban J connectivity index is 1.25. The number of hydrogen-bond donors (Lipinski definition) is 2. The van der Waals surface area contributed by atoms with Crippen molar-refractivity contribution < 1.29 is 30.5 Å². The van der Waals surface area contributed by atoms with Crippen molar-refractivity contribution in [1.82, 2.24) is 25.2 Å². The van der Waals surface area contributed by atoms with Gasteiger partial charge < -0.3 is 24.8 Å². The molecule has 4 aliphatic rings. The number of phenols is 1. The Morgan fingerprint density at radius 3 is 2.59 bits per heavy atom. The summed E-state index contributed by atoms with van der Waals surface area (Å²) in [5, 5.41) is 14.2. The maximum atomic E-state index is 16.7. The lowest BCUT2D eigenvalue weighted by molar-refractivity contribution is 0.0231. The molecule has 5 heterocycles. The number of fused-ring (bicyclic) bond motifs is 4. The number of pyridine rings is 1. The van der Waals surface area contributed by atoms with Crippen molar-refractivity contribution in [3.05, 3.63) is 47.9 Å². The van der Waals surface area contributed by atoms with Crippen LogP contribution in [-0.4, -0.2) is 89.5 Å². The summed E-state index contributed by atoms with van der Waals surface area (Å²) in [7, 11) is 0. The average molecular weight is 609 g/mol. The van der Waals surface area contributed by atoms with Crippen molar-refractivity contribution in [2.45, 2.75) is 37.8 Å². The fraction of sp³-hybridized carbons (Fsp3) is 0.469. The summed E-state index contributed by atoms with van der Waals surface area (Å²) in [4.78, 5) is 17.6. The summed E-state index contributed by atoms with van der Waals surface area (Å²) < 4.78 is 75.6. The Kier molecular flexibility index (Phi) is 6.22. The number of aromatic nitrogens is 3. The molecule has 230 valence electrons. The Morgan fingerprint density at radius 1 is 1.07 bits per heavy atom. The molecule has 9 nitrogen and oxygen atoms in total. The molecule has 2 N–H and O–H groups in total. The summed E-state index contributed by atoms with van der Waals surface area (Å²) in [6.07, 6.45) is 4.61. The van der Waals surface area contributed by atoms with Crippen molar-refractivity contribution in [3.8, 4) is 23.0 Å². The Labute approximate surface area is 254 Å². The number of nitrogens with zero attached hydrogens (tertiary/aromatic N) is 5. The van der Waals surface area contributed by atoms with Crippen LogP contribution in [0.2, 0.25) is 0 Å². The third kappa shape index (κ3) is 4.98. The van der Waals surface area contributed by atoms with Gasteiger partial charge in [-0.15, -0.1) is 0 Å². The zero-order valence-electron chi connectivity index (χ0n) is 26.0. The molecule has 44 heavy (non-hydrogen) atoms. The van der Waals surface area contributed by atoms with E-state index in [1.807, 2.05) is 4.90 Å². The van der Waals surface area contributed by atoms with Crippen molar-refractivity contribution in [2.24, 2.45) is 5.41 Å². The van der Waals surface area contributed by atoms with Gasteiger partial charge in [0.15, 0.2) is 17.5 Å². The molecule has 3 aliphatic heterocycles. The van der Waals surface area contributed by atoms with Crippen LogP contribution < -0.4 is 15.0 Å². The molecular weight excluding hydrogens is 573 g/mol. The summed E-state index contributed by atoms with van der Waals surface area (Å²) in [5.41, 5.74) is -1.46. The lowest BCUT2D eigenvalue weighted by Gasteiger charge is -2.34. The van der Waals surface area contributed by atoms with Crippen LogP contribution in [0.5, 0.6) is 11.8 Å². The van der Waals surface area contributed by atoms with Gasteiger partial charge >= 0.3 is 6.01 Å². The van der Waals surface area contributed by atoms with E-state index in [9.17, 15) is 9.50 Å². The SMILES string of the molecule is [2H]C([2H])(Oc1nc(N2C[C@H]3CC[C@@H](C2)N3)c2cnc(-c3cc(O)cc4ccc(F)c(F)c34)c(F)c2n1)C1(CN2CCOCC2)CC1. The summed E-state index contributed by atoms with van der Waals surface area (Å²) >= 11 is 0. The molecule has 1 saturated carbocycles. The first-order valence-electron chi connectivity index (χ1n) is 16.1. The zero-order chi connectivity index (χ0) is 31.8. The van der Waals surface area contributed by atoms with E-state index in [0.717, 1.165) is 25.0 Å². The van der Waals surface area contributed by atoms with Crippen LogP contribution in [0.15, 0.2) is 30.5 Å². The van der Waals surface area contributed by atoms with Gasteiger partial charge in [-0.3, -0.25) is 9.88 Å². The first-order chi connectivity index (χ1) is 22.1. The van der Waals surface area contributed by atoms with Gasteiger partial charge in [-0.2, -0.15) is 9.97 Å². The van der Waals surface area contributed by atoms with Crippen LogP contribution in [0, 0.1) is 22.9 Å². The van der Waals surface area contributed by atoms with E-state index in [2.05, 4.69) is 25.2 Å². The number of rotatable bonds is 7. The van der Waals surface area contributed by atoms with Gasteiger partial charge in [0.2, 0.25) is 0 Å². The second kappa shape index (κ2) is 10.7. The Bertz CT molecular complexity index is 1840. The lowest BCUT2D eigenvalue weighted by atomic mass is 9.99. The molecular formula is C32H33F3N6O3. The van der Waals surface area contributed by atoms with Gasteiger partial charge in [0.05, 0.1) is 27.9 Å². The first kappa shape index (κ1) is 25.6. The lowest BCUT2D eigenvalue weighted by Crippen LogP contribution is -2.51. The minimum atomic E-state index is -2.16. The van der Waals surface area contributed by atoms with Gasteiger partial charge in [-0.05, 0) is 49.3 Å². The highest BCUT2D eigenvalue weighted by Gasteiger charge is 2.45. The molecule has 0 spiro atoms. The molecule has 2 aromatic heterocycles. The third-order valence-electron chi connectivity index (χ3n) is 9.25. The van der Waals surface area contributed by atoms with Gasteiger partial charge in [0.25, 0.3) is 0 Å². The fourth-order valence-electron chi connectivity index (χ4n) is 6.82. The molecule has 2 atom stereocenters. The molecule has 2 bridgehead atoms. The number of benzene rings is 2. The van der Waals surface area contributed by atoms with Crippen LogP contribution in [0.25, 0.3) is 32.9 Å². The number of morpholine rings is 1. The molecule has 0 radical (unpaired) electrons. The van der Waals surface area contributed by atoms with E-state index in [-0.39, 0.29) is 56.8 Å². The van der Waals surface area contributed by atoms with Gasteiger partial charge in [0.1, 0.15) is 22.8 Å². The van der Waals surface area contributed by atoms with Crippen LogP contribution in [-0.2, 0) is 4.74 Å². The topological polar surface area (TPSA) is 95.9 Å². The van der Waals surface area contributed by atoms with Crippen LogP contribution in [0.3, 0.4) is 0 Å². The number of halogens is 3. The number of aromatic hydroxyl groups is 1. The largest absolute Gasteiger partial charge is 0.508 e. The second-order valence-electron chi connectivity index (χ2n) is 12.4. The van der Waals surface area contributed by atoms with Crippen molar-refractivity contribution >= 4 is 27.5 Å². The van der Waals surface area contributed by atoms with Crippen molar-refractivity contribution in [3.63, 3.8) is 0 Å². The third-order valence-corrected chi connectivity index (χ3v) is 9.25. The van der Waals surface area contributed by atoms with Gasteiger partial charge in [-0.25, -0.2) is 13.2 Å². The minimum Gasteiger partial charge on any atom is -0.508 e. The van der Waals surface area contributed by atoms with E-state index < -0.39 is 29.4 Å². The first-order valence-corrected chi connectivity index (χ1v) is 15.1. The molecule has 4 aromatic rings. The summed E-state index contributed by atoms with van der Waals surface area (Å²) in [6.45, 7) is 2.11. The minimum absolute atomic E-state index is 0.146. The zero-order valence-corrected chi connectivity index (χ0v) is 24.0. The van der Waals surface area contributed by atoms with E-state index >= 15 is 8.78 Å². The highest BCUT2D eigenvalue weighted by atomic mass is 19.2. The van der Waals surface area contributed by atoms with E-state index in [1.54, 1.807) is 0 Å². The normalized spacial score (nSPS) is 24.0. The Morgan fingerprint density at radius 2 is 1.84 bits per heavy atom. The van der Waals surface area contributed by atoms with Crippen LogP contribution >= 0.6 is 0 Å². The van der Waals surface area contributed by atoms with Crippen molar-refractivity contribution in [1.29, 1.82) is 0 Å². The maximum Gasteiger partial charge on any atom is 0.319 e. The smallest absolute Gasteiger partial charge is 0.319 e. The quantitative estimate of drug-likeness (QED) is 0.317. The standard InChI is InChI=1S/C32H33F3N6O3/c33-24-4-1-18-11-21(42)12-22(25(18)26(24)34)28-27(35)29-23(13-36-28)30(41-14-19-2-3-20(15-41)37-19)39-31(38-29)44-17-32(5-6-32)16-40-7-9-43-10-8-40/h1,4,11-13,19-20,37,42H,2-3,5-10,14-17H2/t19-,20+/i17D2. The molecule has 4 fully saturated rings. The number of phenolic OH excluding ortho intramolecular Hbond substituents is 1. The number of nitrogens with one attached hydrogen (secondary N) is 1. The van der Waals surface area contributed by atoms with Crippen LogP contribution in [0.1, 0.15) is 28.4 Å². The average Bonchev–Trinajstić information content (AvgIpc) is 3.75. The monoisotopic (exact) mass is 608 g/mol. The summed E-state index contributed by atoms with van der Waals surface area (Å²) in [5.74, 6) is -3.18. The Hall–Kier alpha value is -3.74. The molecule has 2 aromatic carbocycles. The van der Waals surface area contributed by atoms with E-state index in [0.29, 0.717) is 64.6 Å². The predicted molar refractivity (Wildman–Crippen MR) is 158 cm³/mol. The second-order valence-corrected chi connectivity index (χ2v) is 12.4. The number of anilines is 1. The van der Waals surface area contributed by atoms with Crippen LogP contribution in [0.4, 0.5) is 19.0 Å². The van der Waals surface area contributed by atoms with Gasteiger partial charge in [0, 0.05) is 67.4 Å². The van der Waals surface area contributed by atoms with E-state index in [4.69, 9.17) is 12.2 Å². The number of ether oxygens (including phenoxy) is 2. The van der Waals surface area contributed by atoms with Crippen molar-refractivity contribution in [2.75, 3.05) is 57.4 Å². The molecule has 3 saturated heterocycles. The summed E-state index contributed by atoms with van der Waals surface area (Å²) in [6, 6.07) is 4.75. The number of hydrogen-bond acceptors (Lipinski definition) is 9. The van der Waals surface area contributed by atoms with E-state index in [1.165, 1.54) is 18.3 Å². The molecule has 12 heteroatoms. The molecule has 0 unspecified atom stereocenters. The highest BCUT2D eigenvalue weighted by molar-refractivity contribution is 6.00. The molecule has 0 amide bonds. The van der Waals surface area contributed by atoms with Gasteiger partial charge in [-0.1, -0.05) is 6.07 Å². The fourth-order valence-corrected chi connectivity index (χ4v) is 6.82. The maximum absolute atomic E-state index is 16.7.